The van der Waals surface area contributed by atoms with Crippen molar-refractivity contribution < 1.29 is 5.11 Å². The Morgan fingerprint density at radius 3 is 3.19 bits per heavy atom. The van der Waals surface area contributed by atoms with Gasteiger partial charge in [-0.3, -0.25) is 4.98 Å². The fourth-order valence-electron chi connectivity index (χ4n) is 2.07. The van der Waals surface area contributed by atoms with Gasteiger partial charge in [-0.05, 0) is 18.6 Å². The van der Waals surface area contributed by atoms with Crippen molar-refractivity contribution in [1.29, 1.82) is 0 Å². The lowest BCUT2D eigenvalue weighted by molar-refractivity contribution is 0.141. The Balaban J connectivity index is 1.99. The average molecular weight is 215 g/mol. The first-order chi connectivity index (χ1) is 7.83. The van der Waals surface area contributed by atoms with Crippen LogP contribution in [0.1, 0.15) is 12.2 Å². The molecule has 0 amide bonds. The van der Waals surface area contributed by atoms with E-state index in [-0.39, 0.29) is 6.10 Å². The van der Waals surface area contributed by atoms with Crippen molar-refractivity contribution in [2.45, 2.75) is 25.5 Å². The van der Waals surface area contributed by atoms with E-state index in [4.69, 9.17) is 0 Å². The summed E-state index contributed by atoms with van der Waals surface area (Å²) in [7, 11) is 0. The van der Waals surface area contributed by atoms with Crippen LogP contribution in [0.25, 0.3) is 11.3 Å². The number of nitrogens with zero attached hydrogens (tertiary/aromatic N) is 3. The fourth-order valence-corrected chi connectivity index (χ4v) is 2.07. The number of aliphatic hydroxyl groups is 1. The van der Waals surface area contributed by atoms with Crippen LogP contribution >= 0.6 is 0 Å². The van der Waals surface area contributed by atoms with Gasteiger partial charge in [0.15, 0.2) is 0 Å². The molecule has 16 heavy (non-hydrogen) atoms. The zero-order valence-corrected chi connectivity index (χ0v) is 8.87. The van der Waals surface area contributed by atoms with Gasteiger partial charge in [0.25, 0.3) is 0 Å². The van der Waals surface area contributed by atoms with Gasteiger partial charge < -0.3 is 9.67 Å². The second kappa shape index (κ2) is 3.72. The van der Waals surface area contributed by atoms with E-state index in [0.29, 0.717) is 6.42 Å². The van der Waals surface area contributed by atoms with E-state index < -0.39 is 0 Å². The molecule has 0 fully saturated rings. The number of rotatable bonds is 1. The minimum absolute atomic E-state index is 0.239. The minimum Gasteiger partial charge on any atom is -0.393 e. The molecule has 2 aromatic rings. The van der Waals surface area contributed by atoms with Gasteiger partial charge in [0.05, 0.1) is 11.8 Å². The summed E-state index contributed by atoms with van der Waals surface area (Å²) < 4.78 is 2.12. The van der Waals surface area contributed by atoms with E-state index in [0.717, 1.165) is 30.0 Å². The Kier molecular flexibility index (Phi) is 2.22. The van der Waals surface area contributed by atoms with E-state index in [1.54, 1.807) is 6.20 Å². The van der Waals surface area contributed by atoms with Crippen LogP contribution in [0.3, 0.4) is 0 Å². The van der Waals surface area contributed by atoms with Crippen LogP contribution in [-0.2, 0) is 13.0 Å². The summed E-state index contributed by atoms with van der Waals surface area (Å²) in [4.78, 5) is 8.62. The lowest BCUT2D eigenvalue weighted by Gasteiger charge is -2.18. The number of imidazole rings is 1. The molecule has 0 saturated carbocycles. The van der Waals surface area contributed by atoms with Crippen LogP contribution in [0.5, 0.6) is 0 Å². The first-order valence-corrected chi connectivity index (χ1v) is 5.47. The molecule has 0 aromatic carbocycles. The van der Waals surface area contributed by atoms with E-state index in [1.807, 2.05) is 24.5 Å². The van der Waals surface area contributed by atoms with Gasteiger partial charge in [0.1, 0.15) is 5.82 Å². The van der Waals surface area contributed by atoms with Crippen molar-refractivity contribution in [2.24, 2.45) is 0 Å². The summed E-state index contributed by atoms with van der Waals surface area (Å²) in [5.74, 6) is 0.970. The summed E-state index contributed by atoms with van der Waals surface area (Å²) in [6, 6.07) is 3.90. The second-order valence-corrected chi connectivity index (χ2v) is 4.12. The van der Waals surface area contributed by atoms with Crippen molar-refractivity contribution in [2.75, 3.05) is 0 Å². The zero-order chi connectivity index (χ0) is 11.0. The van der Waals surface area contributed by atoms with Crippen LogP contribution < -0.4 is 0 Å². The largest absolute Gasteiger partial charge is 0.393 e. The summed E-state index contributed by atoms with van der Waals surface area (Å²) >= 11 is 0. The molecule has 0 saturated heterocycles. The normalized spacial score (nSPS) is 19.4. The maximum Gasteiger partial charge on any atom is 0.112 e. The van der Waals surface area contributed by atoms with Crippen molar-refractivity contribution in [3.8, 4) is 11.3 Å². The zero-order valence-electron chi connectivity index (χ0n) is 8.87. The minimum atomic E-state index is -0.239. The lowest BCUT2D eigenvalue weighted by Crippen LogP contribution is -2.22. The van der Waals surface area contributed by atoms with Gasteiger partial charge >= 0.3 is 0 Å². The van der Waals surface area contributed by atoms with Crippen LogP contribution in [0.2, 0.25) is 0 Å². The quantitative estimate of drug-likeness (QED) is 0.779. The molecule has 0 aliphatic carbocycles. The maximum absolute atomic E-state index is 9.57. The van der Waals surface area contributed by atoms with Crippen molar-refractivity contribution in [3.63, 3.8) is 0 Å². The Morgan fingerprint density at radius 2 is 2.38 bits per heavy atom. The molecule has 2 aromatic heterocycles. The van der Waals surface area contributed by atoms with Crippen LogP contribution in [0.15, 0.2) is 30.7 Å². The van der Waals surface area contributed by atoms with Crippen LogP contribution in [-0.4, -0.2) is 25.7 Å². The number of aromatic nitrogens is 3. The number of pyridine rings is 1. The number of hydrogen-bond acceptors (Lipinski definition) is 3. The molecule has 4 heteroatoms. The molecule has 4 nitrogen and oxygen atoms in total. The fraction of sp³-hybridized carbons (Fsp3) is 0.333. The molecule has 0 radical (unpaired) electrons. The number of aryl methyl sites for hydroxylation is 1. The third-order valence-corrected chi connectivity index (χ3v) is 2.94. The Hall–Kier alpha value is -1.68. The van der Waals surface area contributed by atoms with Crippen molar-refractivity contribution >= 4 is 0 Å². The van der Waals surface area contributed by atoms with E-state index >= 15 is 0 Å². The predicted octanol–water partition coefficient (Wildman–Crippen LogP) is 1.25. The lowest BCUT2D eigenvalue weighted by atomic mass is 10.1. The molecule has 1 aliphatic rings. The highest BCUT2D eigenvalue weighted by atomic mass is 16.3. The second-order valence-electron chi connectivity index (χ2n) is 4.12. The molecule has 0 spiro atoms. The topological polar surface area (TPSA) is 50.9 Å². The molecule has 0 bridgehead atoms. The van der Waals surface area contributed by atoms with Gasteiger partial charge in [0, 0.05) is 37.1 Å². The van der Waals surface area contributed by atoms with Gasteiger partial charge in [-0.2, -0.15) is 0 Å². The Bertz CT molecular complexity index is 492. The predicted molar refractivity (Wildman–Crippen MR) is 59.8 cm³/mol. The molecule has 1 aliphatic heterocycles. The molecule has 1 N–H and O–H groups in total. The molecule has 1 unspecified atom stereocenters. The highest BCUT2D eigenvalue weighted by Gasteiger charge is 2.18. The van der Waals surface area contributed by atoms with Crippen LogP contribution in [0.4, 0.5) is 0 Å². The van der Waals surface area contributed by atoms with Crippen molar-refractivity contribution in [1.82, 2.24) is 14.5 Å². The molecule has 82 valence electrons. The monoisotopic (exact) mass is 215 g/mol. The molecule has 3 heterocycles. The van der Waals surface area contributed by atoms with Gasteiger partial charge in [-0.25, -0.2) is 4.98 Å². The average Bonchev–Trinajstić information content (AvgIpc) is 2.73. The van der Waals surface area contributed by atoms with Gasteiger partial charge in [0.2, 0.25) is 0 Å². The van der Waals surface area contributed by atoms with Gasteiger partial charge in [-0.15, -0.1) is 0 Å². The highest BCUT2D eigenvalue weighted by molar-refractivity contribution is 5.57. The summed E-state index contributed by atoms with van der Waals surface area (Å²) in [5, 5.41) is 9.57. The SMILES string of the molecule is OC1CCn2cc(-c3cccnc3)nc2C1. The Morgan fingerprint density at radius 1 is 1.44 bits per heavy atom. The molecule has 1 atom stereocenters. The van der Waals surface area contributed by atoms with Crippen molar-refractivity contribution in [3.05, 3.63) is 36.5 Å². The number of aliphatic hydroxyl groups excluding tert-OH is 1. The number of fused-ring (bicyclic) bond motifs is 1. The third kappa shape index (κ3) is 1.61. The van der Waals surface area contributed by atoms with Crippen LogP contribution in [0, 0.1) is 0 Å². The summed E-state index contributed by atoms with van der Waals surface area (Å²) in [5.41, 5.74) is 1.97. The maximum atomic E-state index is 9.57. The number of hydrogen-bond donors (Lipinski definition) is 1. The van der Waals surface area contributed by atoms with E-state index in [1.165, 1.54) is 0 Å². The highest BCUT2D eigenvalue weighted by Crippen LogP contribution is 2.21. The standard InChI is InChI=1S/C12H13N3O/c16-10-3-5-15-8-11(14-12(15)6-10)9-2-1-4-13-7-9/h1-2,4,7-8,10,16H,3,5-6H2. The van der Waals surface area contributed by atoms with E-state index in [9.17, 15) is 5.11 Å². The molecule has 3 rings (SSSR count). The molecular weight excluding hydrogens is 202 g/mol. The first-order valence-electron chi connectivity index (χ1n) is 5.47. The smallest absolute Gasteiger partial charge is 0.112 e. The summed E-state index contributed by atoms with van der Waals surface area (Å²) in [6.45, 7) is 0.851. The molecular formula is C12H13N3O. The van der Waals surface area contributed by atoms with Gasteiger partial charge in [-0.1, -0.05) is 0 Å². The van der Waals surface area contributed by atoms with E-state index in [2.05, 4.69) is 14.5 Å². The Labute approximate surface area is 93.6 Å². The third-order valence-electron chi connectivity index (χ3n) is 2.94. The summed E-state index contributed by atoms with van der Waals surface area (Å²) in [6.07, 6.45) is 6.83. The first kappa shape index (κ1) is 9.54.